The van der Waals surface area contributed by atoms with E-state index in [4.69, 9.17) is 0 Å². The van der Waals surface area contributed by atoms with Crippen molar-refractivity contribution in [3.8, 4) is 0 Å². The van der Waals surface area contributed by atoms with Crippen LogP contribution >= 0.6 is 0 Å². The SMILES string of the molecule is C=C/C(=C\C=C/C)c1nc(C=C)c(C=C)cc1C.CC. The summed E-state index contributed by atoms with van der Waals surface area (Å²) in [5.74, 6) is 0. The Hall–Kier alpha value is -2.15. The van der Waals surface area contributed by atoms with Gasteiger partial charge in [-0.1, -0.05) is 64.0 Å². The maximum Gasteiger partial charge on any atom is 0.0738 e. The van der Waals surface area contributed by atoms with Crippen LogP contribution in [-0.2, 0) is 0 Å². The minimum Gasteiger partial charge on any atom is -0.248 e. The molecule has 0 aliphatic rings. The molecule has 1 heteroatoms. The lowest BCUT2D eigenvalue weighted by atomic mass is 10.0. The number of hydrogen-bond acceptors (Lipinski definition) is 1. The molecule has 0 amide bonds. The maximum absolute atomic E-state index is 4.62. The number of rotatable bonds is 5. The normalized spacial score (nSPS) is 10.7. The Balaban J connectivity index is 0.00000172. The predicted molar refractivity (Wildman–Crippen MR) is 93.5 cm³/mol. The molecular weight excluding hydrogens is 242 g/mol. The molecule has 0 atom stereocenters. The summed E-state index contributed by atoms with van der Waals surface area (Å²) in [6, 6.07) is 2.07. The fourth-order valence-corrected chi connectivity index (χ4v) is 1.71. The zero-order chi connectivity index (χ0) is 15.5. The zero-order valence-electron chi connectivity index (χ0n) is 13.1. The van der Waals surface area contributed by atoms with E-state index in [9.17, 15) is 0 Å². The van der Waals surface area contributed by atoms with Crippen LogP contribution in [0.2, 0.25) is 0 Å². The second-order valence-electron chi connectivity index (χ2n) is 3.89. The Bertz CT molecular complexity index is 531. The van der Waals surface area contributed by atoms with Gasteiger partial charge in [-0.05, 0) is 42.7 Å². The van der Waals surface area contributed by atoms with E-state index in [0.29, 0.717) is 0 Å². The highest BCUT2D eigenvalue weighted by molar-refractivity contribution is 5.76. The first-order valence-corrected chi connectivity index (χ1v) is 6.90. The van der Waals surface area contributed by atoms with Crippen molar-refractivity contribution < 1.29 is 0 Å². The van der Waals surface area contributed by atoms with Crippen molar-refractivity contribution in [2.24, 2.45) is 0 Å². The molecule has 1 heterocycles. The quantitative estimate of drug-likeness (QED) is 0.610. The lowest BCUT2D eigenvalue weighted by Gasteiger charge is -2.09. The fourth-order valence-electron chi connectivity index (χ4n) is 1.71. The summed E-state index contributed by atoms with van der Waals surface area (Å²) in [6.45, 7) is 19.4. The Morgan fingerprint density at radius 1 is 1.15 bits per heavy atom. The molecule has 1 nitrogen and oxygen atoms in total. The number of hydrogen-bond donors (Lipinski definition) is 0. The summed E-state index contributed by atoms with van der Waals surface area (Å²) < 4.78 is 0. The molecule has 0 N–H and O–H groups in total. The van der Waals surface area contributed by atoms with E-state index in [2.05, 4.69) is 30.8 Å². The van der Waals surface area contributed by atoms with Crippen LogP contribution < -0.4 is 0 Å². The van der Waals surface area contributed by atoms with Gasteiger partial charge in [0.1, 0.15) is 0 Å². The molecule has 0 aromatic carbocycles. The summed E-state index contributed by atoms with van der Waals surface area (Å²) >= 11 is 0. The third kappa shape index (κ3) is 4.51. The van der Waals surface area contributed by atoms with Crippen molar-refractivity contribution in [3.63, 3.8) is 0 Å². The third-order valence-electron chi connectivity index (χ3n) is 2.65. The number of aromatic nitrogens is 1. The van der Waals surface area contributed by atoms with Gasteiger partial charge < -0.3 is 0 Å². The first-order valence-electron chi connectivity index (χ1n) is 6.90. The van der Waals surface area contributed by atoms with Crippen LogP contribution in [-0.4, -0.2) is 4.98 Å². The van der Waals surface area contributed by atoms with Gasteiger partial charge in [0.05, 0.1) is 11.4 Å². The maximum atomic E-state index is 4.62. The van der Waals surface area contributed by atoms with Gasteiger partial charge in [-0.2, -0.15) is 0 Å². The second kappa shape index (κ2) is 9.74. The van der Waals surface area contributed by atoms with Gasteiger partial charge in [-0.15, -0.1) is 0 Å². The summed E-state index contributed by atoms with van der Waals surface area (Å²) in [4.78, 5) is 4.62. The average molecular weight is 267 g/mol. The van der Waals surface area contributed by atoms with Crippen molar-refractivity contribution in [3.05, 3.63) is 72.6 Å². The number of aryl methyl sites for hydroxylation is 1. The standard InChI is InChI=1S/C17H19N.C2H6/c1-6-10-11-14(7-2)17-13(5)12-15(8-3)16(9-4)18-17;1-2/h6-12H,2-4H2,1,5H3;1-2H3/b10-6-,14-11+;. The molecule has 0 radical (unpaired) electrons. The van der Waals surface area contributed by atoms with E-state index >= 15 is 0 Å². The molecule has 0 saturated heterocycles. The molecule has 0 unspecified atom stereocenters. The smallest absolute Gasteiger partial charge is 0.0738 e. The van der Waals surface area contributed by atoms with Crippen molar-refractivity contribution in [1.29, 1.82) is 0 Å². The van der Waals surface area contributed by atoms with Crippen molar-refractivity contribution >= 4 is 17.7 Å². The Labute approximate surface area is 123 Å². The van der Waals surface area contributed by atoms with Crippen molar-refractivity contribution in [1.82, 2.24) is 4.98 Å². The van der Waals surface area contributed by atoms with Crippen molar-refractivity contribution in [2.75, 3.05) is 0 Å². The molecule has 0 aliphatic carbocycles. The van der Waals surface area contributed by atoms with Gasteiger partial charge in [0.15, 0.2) is 0 Å². The highest BCUT2D eigenvalue weighted by Crippen LogP contribution is 2.22. The lowest BCUT2D eigenvalue weighted by molar-refractivity contribution is 1.19. The van der Waals surface area contributed by atoms with Crippen LogP contribution in [0.3, 0.4) is 0 Å². The first-order chi connectivity index (χ1) is 9.67. The summed E-state index contributed by atoms with van der Waals surface area (Å²) in [5, 5.41) is 0. The van der Waals surface area contributed by atoms with Crippen LogP contribution in [0, 0.1) is 6.92 Å². The summed E-state index contributed by atoms with van der Waals surface area (Å²) in [7, 11) is 0. The van der Waals surface area contributed by atoms with Gasteiger partial charge in [0.2, 0.25) is 0 Å². The first kappa shape index (κ1) is 17.8. The van der Waals surface area contributed by atoms with Crippen LogP contribution in [0.15, 0.2) is 50.1 Å². The van der Waals surface area contributed by atoms with Gasteiger partial charge in [-0.25, -0.2) is 4.98 Å². The molecule has 1 rings (SSSR count). The number of allylic oxidation sites excluding steroid dienone is 5. The molecule has 20 heavy (non-hydrogen) atoms. The molecule has 1 aromatic heterocycles. The highest BCUT2D eigenvalue weighted by atomic mass is 14.7. The molecule has 0 spiro atoms. The summed E-state index contributed by atoms with van der Waals surface area (Å²) in [5.41, 5.74) is 4.89. The Kier molecular flexibility index (Phi) is 8.69. The predicted octanol–water partition coefficient (Wildman–Crippen LogP) is 5.85. The van der Waals surface area contributed by atoms with Gasteiger partial charge in [0, 0.05) is 0 Å². The molecule has 106 valence electrons. The van der Waals surface area contributed by atoms with E-state index < -0.39 is 0 Å². The number of pyridine rings is 1. The Morgan fingerprint density at radius 3 is 2.25 bits per heavy atom. The average Bonchev–Trinajstić information content (AvgIpc) is 2.50. The minimum atomic E-state index is 0.846. The minimum absolute atomic E-state index is 0.846. The van der Waals surface area contributed by atoms with E-state index in [-0.39, 0.29) is 0 Å². The van der Waals surface area contributed by atoms with Gasteiger partial charge in [0.25, 0.3) is 0 Å². The van der Waals surface area contributed by atoms with Crippen LogP contribution in [0.5, 0.6) is 0 Å². The highest BCUT2D eigenvalue weighted by Gasteiger charge is 2.07. The monoisotopic (exact) mass is 267 g/mol. The summed E-state index contributed by atoms with van der Waals surface area (Å²) in [6.07, 6.45) is 11.3. The topological polar surface area (TPSA) is 12.9 Å². The molecule has 0 fully saturated rings. The molecular formula is C19H25N. The van der Waals surface area contributed by atoms with Crippen LogP contribution in [0.1, 0.15) is 43.3 Å². The molecule has 1 aromatic rings. The Morgan fingerprint density at radius 2 is 1.80 bits per heavy atom. The van der Waals surface area contributed by atoms with Gasteiger partial charge in [-0.3, -0.25) is 0 Å². The van der Waals surface area contributed by atoms with E-state index in [0.717, 1.165) is 28.1 Å². The van der Waals surface area contributed by atoms with Crippen LogP contribution in [0.25, 0.3) is 17.7 Å². The molecule has 0 bridgehead atoms. The van der Waals surface area contributed by atoms with E-state index in [1.165, 1.54) is 0 Å². The lowest BCUT2D eigenvalue weighted by Crippen LogP contribution is -1.97. The third-order valence-corrected chi connectivity index (χ3v) is 2.65. The largest absolute Gasteiger partial charge is 0.248 e. The second-order valence-corrected chi connectivity index (χ2v) is 3.89. The van der Waals surface area contributed by atoms with E-state index in [1.807, 2.05) is 52.0 Å². The van der Waals surface area contributed by atoms with E-state index in [1.54, 1.807) is 12.2 Å². The van der Waals surface area contributed by atoms with Crippen molar-refractivity contribution in [2.45, 2.75) is 27.7 Å². The zero-order valence-corrected chi connectivity index (χ0v) is 13.1. The molecule has 0 aliphatic heterocycles. The number of nitrogens with zero attached hydrogens (tertiary/aromatic N) is 1. The molecule has 0 saturated carbocycles. The van der Waals surface area contributed by atoms with Crippen LogP contribution in [0.4, 0.5) is 0 Å². The fraction of sp³-hybridized carbons (Fsp3) is 0.211. The van der Waals surface area contributed by atoms with Gasteiger partial charge >= 0.3 is 0 Å².